The number of thioether (sulfide) groups is 1. The van der Waals surface area contributed by atoms with E-state index < -0.39 is 6.10 Å². The van der Waals surface area contributed by atoms with E-state index in [4.69, 9.17) is 4.74 Å². The average molecular weight is 290 g/mol. The molecule has 0 amide bonds. The molecule has 2 aromatic rings. The SMILES string of the molecule is OC(Cc1cccc(F)c1)C1CSc2ccccc2O1. The number of hydrogen-bond acceptors (Lipinski definition) is 3. The van der Waals surface area contributed by atoms with E-state index in [9.17, 15) is 9.50 Å². The van der Waals surface area contributed by atoms with E-state index >= 15 is 0 Å². The molecule has 2 aromatic carbocycles. The number of halogens is 1. The van der Waals surface area contributed by atoms with Crippen LogP contribution in [0, 0.1) is 5.82 Å². The Morgan fingerprint density at radius 2 is 2.10 bits per heavy atom. The lowest BCUT2D eigenvalue weighted by Crippen LogP contribution is -2.37. The fourth-order valence-electron chi connectivity index (χ4n) is 2.26. The number of rotatable bonds is 3. The van der Waals surface area contributed by atoms with Crippen molar-refractivity contribution in [1.29, 1.82) is 0 Å². The topological polar surface area (TPSA) is 29.5 Å². The predicted molar refractivity (Wildman–Crippen MR) is 77.7 cm³/mol. The van der Waals surface area contributed by atoms with Crippen molar-refractivity contribution in [3.8, 4) is 5.75 Å². The largest absolute Gasteiger partial charge is 0.486 e. The molecule has 0 saturated heterocycles. The Morgan fingerprint density at radius 3 is 2.95 bits per heavy atom. The van der Waals surface area contributed by atoms with Crippen molar-refractivity contribution in [1.82, 2.24) is 0 Å². The molecule has 2 unspecified atom stereocenters. The van der Waals surface area contributed by atoms with Crippen LogP contribution in [0.25, 0.3) is 0 Å². The summed E-state index contributed by atoms with van der Waals surface area (Å²) in [5.74, 6) is 1.24. The molecule has 3 rings (SSSR count). The number of aliphatic hydroxyl groups is 1. The van der Waals surface area contributed by atoms with Crippen LogP contribution in [0.1, 0.15) is 5.56 Å². The van der Waals surface area contributed by atoms with Gasteiger partial charge in [-0.25, -0.2) is 4.39 Å². The molecule has 0 saturated carbocycles. The molecule has 2 nitrogen and oxygen atoms in total. The first-order valence-corrected chi connectivity index (χ1v) is 7.52. The van der Waals surface area contributed by atoms with Crippen LogP contribution in [-0.2, 0) is 6.42 Å². The first-order valence-electron chi connectivity index (χ1n) is 6.53. The van der Waals surface area contributed by atoms with E-state index in [1.807, 2.05) is 30.3 Å². The highest BCUT2D eigenvalue weighted by atomic mass is 32.2. The van der Waals surface area contributed by atoms with Crippen LogP contribution < -0.4 is 4.74 Å². The van der Waals surface area contributed by atoms with Crippen molar-refractivity contribution in [2.75, 3.05) is 5.75 Å². The van der Waals surface area contributed by atoms with Crippen LogP contribution in [-0.4, -0.2) is 23.1 Å². The second kappa shape index (κ2) is 5.85. The fourth-order valence-corrected chi connectivity index (χ4v) is 3.33. The first kappa shape index (κ1) is 13.5. The molecule has 1 heterocycles. The standard InChI is InChI=1S/C16H15FO2S/c17-12-5-3-4-11(8-12)9-13(18)15-10-20-16-7-2-1-6-14(16)19-15/h1-8,13,15,18H,9-10H2. The Kier molecular flexibility index (Phi) is 3.94. The van der Waals surface area contributed by atoms with Gasteiger partial charge in [0.05, 0.1) is 6.10 Å². The average Bonchev–Trinajstić information content (AvgIpc) is 2.47. The quantitative estimate of drug-likeness (QED) is 0.940. The van der Waals surface area contributed by atoms with E-state index in [2.05, 4.69) is 0 Å². The third-order valence-corrected chi connectivity index (χ3v) is 4.44. The van der Waals surface area contributed by atoms with Crippen LogP contribution in [0.2, 0.25) is 0 Å². The summed E-state index contributed by atoms with van der Waals surface area (Å²) in [6.07, 6.45) is -0.513. The Labute approximate surface area is 121 Å². The van der Waals surface area contributed by atoms with Crippen LogP contribution >= 0.6 is 11.8 Å². The van der Waals surface area contributed by atoms with Gasteiger partial charge in [-0.15, -0.1) is 11.8 Å². The lowest BCUT2D eigenvalue weighted by molar-refractivity contribution is 0.0468. The minimum atomic E-state index is -0.641. The van der Waals surface area contributed by atoms with Gasteiger partial charge in [0.15, 0.2) is 0 Å². The predicted octanol–water partition coefficient (Wildman–Crippen LogP) is 3.28. The second-order valence-corrected chi connectivity index (χ2v) is 5.88. The number of ether oxygens (including phenoxy) is 1. The Morgan fingerprint density at radius 1 is 1.25 bits per heavy atom. The summed E-state index contributed by atoms with van der Waals surface area (Å²) < 4.78 is 19.0. The lowest BCUT2D eigenvalue weighted by atomic mass is 10.0. The van der Waals surface area contributed by atoms with Crippen LogP contribution in [0.5, 0.6) is 5.75 Å². The van der Waals surface area contributed by atoms with Gasteiger partial charge in [0.1, 0.15) is 17.7 Å². The summed E-state index contributed by atoms with van der Waals surface area (Å²) in [6.45, 7) is 0. The van der Waals surface area contributed by atoms with Gasteiger partial charge in [-0.1, -0.05) is 24.3 Å². The molecule has 0 bridgehead atoms. The summed E-state index contributed by atoms with van der Waals surface area (Å²) >= 11 is 1.68. The molecule has 4 heteroatoms. The molecule has 0 aromatic heterocycles. The molecule has 0 aliphatic carbocycles. The molecular weight excluding hydrogens is 275 g/mol. The molecule has 1 aliphatic rings. The van der Waals surface area contributed by atoms with Gasteiger partial charge >= 0.3 is 0 Å². The minimum absolute atomic E-state index is 0.266. The summed E-state index contributed by atoms with van der Waals surface area (Å²) in [5, 5.41) is 10.3. The van der Waals surface area contributed by atoms with E-state index in [1.165, 1.54) is 12.1 Å². The van der Waals surface area contributed by atoms with Crippen molar-refractivity contribution in [3.05, 3.63) is 59.9 Å². The normalized spacial score (nSPS) is 19.0. The Bertz CT molecular complexity index is 603. The molecule has 20 heavy (non-hydrogen) atoms. The summed E-state index contributed by atoms with van der Waals surface area (Å²) in [5.41, 5.74) is 0.782. The van der Waals surface area contributed by atoms with E-state index in [1.54, 1.807) is 17.8 Å². The Balaban J connectivity index is 1.68. The zero-order chi connectivity index (χ0) is 13.9. The number of hydrogen-bond donors (Lipinski definition) is 1. The molecule has 0 fully saturated rings. The molecule has 1 aliphatic heterocycles. The summed E-state index contributed by atoms with van der Waals surface area (Å²) in [4.78, 5) is 1.10. The fraction of sp³-hybridized carbons (Fsp3) is 0.250. The van der Waals surface area contributed by atoms with Crippen molar-refractivity contribution in [2.24, 2.45) is 0 Å². The maximum atomic E-state index is 13.1. The maximum absolute atomic E-state index is 13.1. The second-order valence-electron chi connectivity index (χ2n) is 4.82. The van der Waals surface area contributed by atoms with E-state index in [0.29, 0.717) is 12.2 Å². The minimum Gasteiger partial charge on any atom is -0.486 e. The molecule has 1 N–H and O–H groups in total. The number of aliphatic hydroxyl groups excluding tert-OH is 1. The molecule has 104 valence electrons. The number of fused-ring (bicyclic) bond motifs is 1. The van der Waals surface area contributed by atoms with Crippen LogP contribution in [0.15, 0.2) is 53.4 Å². The monoisotopic (exact) mass is 290 g/mol. The van der Waals surface area contributed by atoms with Crippen molar-refractivity contribution in [3.63, 3.8) is 0 Å². The summed E-state index contributed by atoms with van der Waals surface area (Å²) in [7, 11) is 0. The molecule has 0 spiro atoms. The van der Waals surface area contributed by atoms with Gasteiger partial charge in [-0.2, -0.15) is 0 Å². The molecular formula is C16H15FO2S. The van der Waals surface area contributed by atoms with Gasteiger partial charge in [0.25, 0.3) is 0 Å². The van der Waals surface area contributed by atoms with Gasteiger partial charge < -0.3 is 9.84 Å². The van der Waals surface area contributed by atoms with Gasteiger partial charge in [0, 0.05) is 17.1 Å². The molecule has 2 atom stereocenters. The maximum Gasteiger partial charge on any atom is 0.134 e. The smallest absolute Gasteiger partial charge is 0.134 e. The van der Waals surface area contributed by atoms with Crippen molar-refractivity contribution < 1.29 is 14.2 Å². The van der Waals surface area contributed by atoms with Crippen molar-refractivity contribution in [2.45, 2.75) is 23.5 Å². The van der Waals surface area contributed by atoms with Crippen molar-refractivity contribution >= 4 is 11.8 Å². The summed E-state index contributed by atoms with van der Waals surface area (Å²) in [6, 6.07) is 14.1. The van der Waals surface area contributed by atoms with E-state index in [0.717, 1.165) is 16.2 Å². The lowest BCUT2D eigenvalue weighted by Gasteiger charge is -2.29. The zero-order valence-electron chi connectivity index (χ0n) is 10.8. The third-order valence-electron chi connectivity index (χ3n) is 3.29. The van der Waals surface area contributed by atoms with Crippen LogP contribution in [0.4, 0.5) is 4.39 Å². The molecule has 0 radical (unpaired) electrons. The van der Waals surface area contributed by atoms with Gasteiger partial charge in [-0.05, 0) is 29.8 Å². The highest BCUT2D eigenvalue weighted by molar-refractivity contribution is 7.99. The highest BCUT2D eigenvalue weighted by Crippen LogP contribution is 2.36. The van der Waals surface area contributed by atoms with Gasteiger partial charge in [-0.3, -0.25) is 0 Å². The zero-order valence-corrected chi connectivity index (χ0v) is 11.6. The van der Waals surface area contributed by atoms with Crippen LogP contribution in [0.3, 0.4) is 0 Å². The third kappa shape index (κ3) is 2.97. The number of benzene rings is 2. The van der Waals surface area contributed by atoms with E-state index in [-0.39, 0.29) is 11.9 Å². The first-order chi connectivity index (χ1) is 9.72. The van der Waals surface area contributed by atoms with Gasteiger partial charge in [0.2, 0.25) is 0 Å². The highest BCUT2D eigenvalue weighted by Gasteiger charge is 2.26. The Hall–Kier alpha value is -1.52. The number of para-hydroxylation sites is 1.